The van der Waals surface area contributed by atoms with E-state index in [9.17, 15) is 13.2 Å². The summed E-state index contributed by atoms with van der Waals surface area (Å²) in [5.74, 6) is -0.451. The molecule has 7 nitrogen and oxygen atoms in total. The van der Waals surface area contributed by atoms with Crippen LogP contribution in [-0.2, 0) is 19.7 Å². The monoisotopic (exact) mass is 305 g/mol. The van der Waals surface area contributed by atoms with Crippen molar-refractivity contribution in [3.05, 3.63) is 0 Å². The predicted molar refractivity (Wildman–Crippen MR) is 74.0 cm³/mol. The van der Waals surface area contributed by atoms with Gasteiger partial charge in [0.1, 0.15) is 0 Å². The number of piperidine rings is 1. The smallest absolute Gasteiger partial charge is 0.308 e. The molecule has 2 unspecified atom stereocenters. The van der Waals surface area contributed by atoms with Crippen LogP contribution in [0.3, 0.4) is 0 Å². The first-order valence-corrected chi connectivity index (χ1v) is 8.49. The van der Waals surface area contributed by atoms with Gasteiger partial charge in [-0.25, -0.2) is 0 Å². The Hall–Kier alpha value is -0.700. The molecule has 1 aliphatic carbocycles. The second kappa shape index (κ2) is 6.38. The highest BCUT2D eigenvalue weighted by atomic mass is 32.2. The zero-order chi connectivity index (χ0) is 14.8. The molecule has 1 saturated carbocycles. The normalized spacial score (nSPS) is 29.5. The predicted octanol–water partition coefficient (Wildman–Crippen LogP) is -0.414. The van der Waals surface area contributed by atoms with Crippen molar-refractivity contribution in [2.24, 2.45) is 11.7 Å². The highest BCUT2D eigenvalue weighted by Crippen LogP contribution is 2.22. The first-order chi connectivity index (χ1) is 9.44. The molecule has 1 aliphatic heterocycles. The van der Waals surface area contributed by atoms with Crippen molar-refractivity contribution in [3.8, 4) is 0 Å². The lowest BCUT2D eigenvalue weighted by Crippen LogP contribution is -2.52. The average Bonchev–Trinajstić information content (AvgIpc) is 2.83. The van der Waals surface area contributed by atoms with E-state index < -0.39 is 10.2 Å². The van der Waals surface area contributed by atoms with Crippen LogP contribution in [0.25, 0.3) is 0 Å². The van der Waals surface area contributed by atoms with E-state index in [0.29, 0.717) is 25.9 Å². The number of methoxy groups -OCH3 is 1. The number of ether oxygens (including phenoxy) is 1. The third-order valence-electron chi connectivity index (χ3n) is 4.20. The van der Waals surface area contributed by atoms with Gasteiger partial charge in [0, 0.05) is 25.2 Å². The van der Waals surface area contributed by atoms with Gasteiger partial charge in [-0.15, -0.1) is 0 Å². The molecule has 1 saturated heterocycles. The Labute approximate surface area is 120 Å². The first-order valence-electron chi connectivity index (χ1n) is 7.05. The lowest BCUT2D eigenvalue weighted by molar-refractivity contribution is -0.146. The number of carbonyl (C=O) groups excluding carboxylic acids is 1. The van der Waals surface area contributed by atoms with Crippen LogP contribution >= 0.6 is 0 Å². The minimum atomic E-state index is -3.50. The summed E-state index contributed by atoms with van der Waals surface area (Å²) in [5, 5.41) is 0. The lowest BCUT2D eigenvalue weighted by Gasteiger charge is -2.31. The van der Waals surface area contributed by atoms with Gasteiger partial charge >= 0.3 is 5.97 Å². The summed E-state index contributed by atoms with van der Waals surface area (Å²) < 4.78 is 33.3. The quantitative estimate of drug-likeness (QED) is 0.687. The Morgan fingerprint density at radius 2 is 1.90 bits per heavy atom. The molecule has 3 N–H and O–H groups in total. The van der Waals surface area contributed by atoms with Gasteiger partial charge in [-0.05, 0) is 25.7 Å². The minimum Gasteiger partial charge on any atom is -0.469 e. The maximum atomic E-state index is 12.3. The Bertz CT molecular complexity index is 446. The Morgan fingerprint density at radius 3 is 2.40 bits per heavy atom. The number of hydrogen-bond acceptors (Lipinski definition) is 5. The zero-order valence-corrected chi connectivity index (χ0v) is 12.6. The number of hydrogen-bond donors (Lipinski definition) is 2. The van der Waals surface area contributed by atoms with Crippen molar-refractivity contribution in [1.29, 1.82) is 0 Å². The Morgan fingerprint density at radius 1 is 1.25 bits per heavy atom. The molecule has 0 bridgehead atoms. The third kappa shape index (κ3) is 3.49. The molecule has 0 radical (unpaired) electrons. The number of nitrogens with zero attached hydrogens (tertiary/aromatic N) is 1. The van der Waals surface area contributed by atoms with Crippen LogP contribution in [0, 0.1) is 5.92 Å². The maximum Gasteiger partial charge on any atom is 0.308 e. The molecule has 2 fully saturated rings. The maximum absolute atomic E-state index is 12.3. The molecule has 8 heteroatoms. The van der Waals surface area contributed by atoms with Crippen LogP contribution < -0.4 is 10.5 Å². The van der Waals surface area contributed by atoms with Crippen LogP contribution in [0.5, 0.6) is 0 Å². The zero-order valence-electron chi connectivity index (χ0n) is 11.7. The van der Waals surface area contributed by atoms with E-state index in [1.807, 2.05) is 0 Å². The van der Waals surface area contributed by atoms with Crippen LogP contribution in [0.2, 0.25) is 0 Å². The molecule has 2 rings (SSSR count). The van der Waals surface area contributed by atoms with Gasteiger partial charge in [-0.2, -0.15) is 17.4 Å². The molecule has 116 valence electrons. The second-order valence-electron chi connectivity index (χ2n) is 5.52. The summed E-state index contributed by atoms with van der Waals surface area (Å²) in [6.07, 6.45) is 3.62. The fraction of sp³-hybridized carbons (Fsp3) is 0.917. The SMILES string of the molecule is COC(=O)C1CCN(S(=O)(=O)NC2CCCC2N)CC1. The molecule has 20 heavy (non-hydrogen) atoms. The van der Waals surface area contributed by atoms with E-state index in [2.05, 4.69) is 4.72 Å². The Balaban J connectivity index is 1.90. The van der Waals surface area contributed by atoms with Gasteiger partial charge in [0.25, 0.3) is 10.2 Å². The van der Waals surface area contributed by atoms with E-state index >= 15 is 0 Å². The summed E-state index contributed by atoms with van der Waals surface area (Å²) in [4.78, 5) is 11.4. The van der Waals surface area contributed by atoms with Gasteiger partial charge < -0.3 is 10.5 Å². The summed E-state index contributed by atoms with van der Waals surface area (Å²) in [5.41, 5.74) is 5.89. The van der Waals surface area contributed by atoms with Crippen LogP contribution in [0.15, 0.2) is 0 Å². The minimum absolute atomic E-state index is 0.0996. The van der Waals surface area contributed by atoms with Gasteiger partial charge in [0.05, 0.1) is 13.0 Å². The number of nitrogens with one attached hydrogen (secondary N) is 1. The Kier molecular flexibility index (Phi) is 5.00. The van der Waals surface area contributed by atoms with E-state index in [-0.39, 0.29) is 24.0 Å². The summed E-state index contributed by atoms with van der Waals surface area (Å²) in [6, 6.07) is -0.268. The fourth-order valence-electron chi connectivity index (χ4n) is 2.90. The highest BCUT2D eigenvalue weighted by Gasteiger charge is 2.34. The lowest BCUT2D eigenvalue weighted by atomic mass is 9.99. The van der Waals surface area contributed by atoms with E-state index in [0.717, 1.165) is 19.3 Å². The summed E-state index contributed by atoms with van der Waals surface area (Å²) in [6.45, 7) is 0.689. The number of esters is 1. The molecular weight excluding hydrogens is 282 g/mol. The van der Waals surface area contributed by atoms with Crippen LogP contribution in [0.4, 0.5) is 0 Å². The molecule has 0 aromatic heterocycles. The molecule has 1 heterocycles. The molecule has 0 aromatic rings. The third-order valence-corrected chi connectivity index (χ3v) is 5.84. The fourth-order valence-corrected chi connectivity index (χ4v) is 4.42. The van der Waals surface area contributed by atoms with Gasteiger partial charge in [0.15, 0.2) is 0 Å². The van der Waals surface area contributed by atoms with E-state index in [4.69, 9.17) is 10.5 Å². The van der Waals surface area contributed by atoms with Crippen LogP contribution in [0.1, 0.15) is 32.1 Å². The molecule has 0 aromatic carbocycles. The van der Waals surface area contributed by atoms with Gasteiger partial charge in [0.2, 0.25) is 0 Å². The standard InChI is InChI=1S/C12H23N3O4S/c1-19-12(16)9-5-7-15(8-6-9)20(17,18)14-11-4-2-3-10(11)13/h9-11,14H,2-8,13H2,1H3. The molecule has 2 atom stereocenters. The summed E-state index contributed by atoms with van der Waals surface area (Å²) in [7, 11) is -2.15. The van der Waals surface area contributed by atoms with Gasteiger partial charge in [-0.3, -0.25) is 4.79 Å². The average molecular weight is 305 g/mol. The van der Waals surface area contributed by atoms with E-state index in [1.165, 1.54) is 11.4 Å². The van der Waals surface area contributed by atoms with Crippen molar-refractivity contribution in [2.45, 2.75) is 44.2 Å². The number of nitrogens with two attached hydrogens (primary N) is 1. The highest BCUT2D eigenvalue weighted by molar-refractivity contribution is 7.87. The van der Waals surface area contributed by atoms with Crippen molar-refractivity contribution >= 4 is 16.2 Å². The van der Waals surface area contributed by atoms with Crippen molar-refractivity contribution < 1.29 is 17.9 Å². The first kappa shape index (κ1) is 15.7. The largest absolute Gasteiger partial charge is 0.469 e. The molecule has 2 aliphatic rings. The molecular formula is C12H23N3O4S. The topological polar surface area (TPSA) is 102 Å². The summed E-state index contributed by atoms with van der Waals surface area (Å²) >= 11 is 0. The second-order valence-corrected chi connectivity index (χ2v) is 7.22. The number of rotatable bonds is 4. The molecule has 0 spiro atoms. The van der Waals surface area contributed by atoms with Crippen molar-refractivity contribution in [2.75, 3.05) is 20.2 Å². The van der Waals surface area contributed by atoms with Gasteiger partial charge in [-0.1, -0.05) is 6.42 Å². The number of carbonyl (C=O) groups is 1. The van der Waals surface area contributed by atoms with Crippen molar-refractivity contribution in [3.63, 3.8) is 0 Å². The molecule has 0 amide bonds. The van der Waals surface area contributed by atoms with E-state index in [1.54, 1.807) is 0 Å². The van der Waals surface area contributed by atoms with Crippen molar-refractivity contribution in [1.82, 2.24) is 9.03 Å². The van der Waals surface area contributed by atoms with Crippen LogP contribution in [-0.4, -0.2) is 51.0 Å².